The molecule has 158 valence electrons. The monoisotopic (exact) mass is 463 g/mol. The maximum absolute atomic E-state index is 12.7. The minimum absolute atomic E-state index is 0. The van der Waals surface area contributed by atoms with Gasteiger partial charge in [-0.05, 0) is 55.0 Å². The third kappa shape index (κ3) is 8.37. The van der Waals surface area contributed by atoms with Gasteiger partial charge in [0.25, 0.3) is 10.1 Å². The van der Waals surface area contributed by atoms with Crippen LogP contribution in [-0.4, -0.2) is 33.2 Å². The molecule has 0 heterocycles. The van der Waals surface area contributed by atoms with E-state index in [9.17, 15) is 21.6 Å². The second-order valence-corrected chi connectivity index (χ2v) is 9.86. The van der Waals surface area contributed by atoms with Crippen molar-refractivity contribution >= 4 is 37.2 Å². The third-order valence-corrected chi connectivity index (χ3v) is 6.37. The molecule has 0 saturated carbocycles. The predicted octanol–water partition coefficient (Wildman–Crippen LogP) is 0.299. The van der Waals surface area contributed by atoms with E-state index in [4.69, 9.17) is 4.55 Å². The Labute approximate surface area is 199 Å². The Balaban J connectivity index is 0.00000450. The second-order valence-electron chi connectivity index (χ2n) is 6.46. The van der Waals surface area contributed by atoms with Crippen LogP contribution in [0.15, 0.2) is 58.3 Å². The smallest absolute Gasteiger partial charge is 0.370 e. The molecule has 0 atom stereocenters. The average molecular weight is 464 g/mol. The van der Waals surface area contributed by atoms with Crippen LogP contribution in [0.25, 0.3) is 0 Å². The Hall–Kier alpha value is -1.43. The summed E-state index contributed by atoms with van der Waals surface area (Å²) in [6.45, 7) is 2.06. The molecular formula is C19H24N2NaO6S2+. The molecule has 2 aromatic carbocycles. The van der Waals surface area contributed by atoms with Crippen LogP contribution in [0.1, 0.15) is 32.6 Å². The van der Waals surface area contributed by atoms with Crippen LogP contribution in [0.5, 0.6) is 0 Å². The molecule has 0 radical (unpaired) electrons. The van der Waals surface area contributed by atoms with Crippen molar-refractivity contribution in [1.29, 1.82) is 0 Å². The van der Waals surface area contributed by atoms with Crippen molar-refractivity contribution in [2.75, 3.05) is 16.5 Å². The van der Waals surface area contributed by atoms with Crippen molar-refractivity contribution in [2.24, 2.45) is 0 Å². The Morgan fingerprint density at radius 2 is 1.37 bits per heavy atom. The molecule has 0 aliphatic heterocycles. The first-order valence-electron chi connectivity index (χ1n) is 9.06. The zero-order chi connectivity index (χ0) is 21.5. The molecule has 30 heavy (non-hydrogen) atoms. The van der Waals surface area contributed by atoms with Gasteiger partial charge in [0.1, 0.15) is 5.88 Å². The number of carbonyl (C=O) groups excluding carboxylic acids is 1. The summed E-state index contributed by atoms with van der Waals surface area (Å²) in [5.74, 6) is -0.785. The molecule has 0 aromatic heterocycles. The van der Waals surface area contributed by atoms with E-state index in [2.05, 4.69) is 17.6 Å². The normalized spacial score (nSPS) is 11.4. The summed E-state index contributed by atoms with van der Waals surface area (Å²) in [5.41, 5.74) is 0.873. The van der Waals surface area contributed by atoms with Crippen LogP contribution in [-0.2, 0) is 24.7 Å². The molecule has 0 aliphatic carbocycles. The Bertz CT molecular complexity index is 1040. The molecule has 0 spiro atoms. The van der Waals surface area contributed by atoms with Crippen molar-refractivity contribution < 1.29 is 55.7 Å². The molecule has 2 rings (SSSR count). The number of carbonyl (C=O) groups is 1. The number of unbranched alkanes of at least 4 members (excludes halogenated alkanes) is 2. The zero-order valence-electron chi connectivity index (χ0n) is 17.0. The molecule has 2 aromatic rings. The number of amides is 1. The zero-order valence-corrected chi connectivity index (χ0v) is 20.6. The first kappa shape index (κ1) is 26.6. The number of sulfone groups is 1. The second kappa shape index (κ2) is 11.8. The molecular weight excluding hydrogens is 439 g/mol. The van der Waals surface area contributed by atoms with Gasteiger partial charge in [-0.3, -0.25) is 9.35 Å². The Morgan fingerprint density at radius 3 is 1.83 bits per heavy atom. The summed E-state index contributed by atoms with van der Waals surface area (Å²) < 4.78 is 55.7. The first-order valence-corrected chi connectivity index (χ1v) is 12.1. The quantitative estimate of drug-likeness (QED) is 0.262. The minimum atomic E-state index is -4.18. The summed E-state index contributed by atoms with van der Waals surface area (Å²) in [6.07, 6.45) is 3.24. The molecule has 0 fully saturated rings. The van der Waals surface area contributed by atoms with E-state index in [1.807, 2.05) is 0 Å². The van der Waals surface area contributed by atoms with Gasteiger partial charge >= 0.3 is 29.6 Å². The molecule has 0 unspecified atom stereocenters. The summed E-state index contributed by atoms with van der Waals surface area (Å²) in [4.78, 5) is 12.0. The van der Waals surface area contributed by atoms with E-state index < -0.39 is 25.8 Å². The maximum Gasteiger partial charge on any atom is 1.00 e. The molecule has 3 N–H and O–H groups in total. The standard InChI is InChI=1S/C19H24N2O6S2.Na/c1-2-3-4-5-19(22)21-16-8-12-18(13-9-16)29(26,27)17-10-6-15(7-11-17)20-14-28(23,24)25;/h6-13,20H,2-5,14H2,1H3,(H,21,22)(H,23,24,25);/q;+1. The van der Waals surface area contributed by atoms with Crippen LogP contribution in [0.4, 0.5) is 11.4 Å². The van der Waals surface area contributed by atoms with Gasteiger partial charge in [0.15, 0.2) is 0 Å². The minimum Gasteiger partial charge on any atom is -0.370 e. The van der Waals surface area contributed by atoms with Crippen molar-refractivity contribution in [3.8, 4) is 0 Å². The molecule has 0 aliphatic rings. The van der Waals surface area contributed by atoms with Gasteiger partial charge in [-0.15, -0.1) is 0 Å². The van der Waals surface area contributed by atoms with Gasteiger partial charge in [-0.2, -0.15) is 8.42 Å². The average Bonchev–Trinajstić information content (AvgIpc) is 2.67. The van der Waals surface area contributed by atoms with Gasteiger partial charge in [-0.1, -0.05) is 19.8 Å². The van der Waals surface area contributed by atoms with Gasteiger partial charge in [0.05, 0.1) is 9.79 Å². The topological polar surface area (TPSA) is 130 Å². The number of nitrogens with one attached hydrogen (secondary N) is 2. The van der Waals surface area contributed by atoms with E-state index >= 15 is 0 Å². The van der Waals surface area contributed by atoms with Crippen molar-refractivity contribution in [3.63, 3.8) is 0 Å². The summed E-state index contributed by atoms with van der Waals surface area (Å²) in [5, 5.41) is 5.22. The van der Waals surface area contributed by atoms with Crippen molar-refractivity contribution in [3.05, 3.63) is 48.5 Å². The largest absolute Gasteiger partial charge is 1.00 e. The molecule has 0 bridgehead atoms. The van der Waals surface area contributed by atoms with Crippen LogP contribution < -0.4 is 40.2 Å². The first-order chi connectivity index (χ1) is 13.6. The van der Waals surface area contributed by atoms with Gasteiger partial charge in [0.2, 0.25) is 15.7 Å². The van der Waals surface area contributed by atoms with Crippen LogP contribution >= 0.6 is 0 Å². The summed E-state index contributed by atoms with van der Waals surface area (Å²) in [7, 11) is -7.95. The third-order valence-electron chi connectivity index (χ3n) is 4.08. The van der Waals surface area contributed by atoms with Crippen LogP contribution in [0.2, 0.25) is 0 Å². The predicted molar refractivity (Wildman–Crippen MR) is 111 cm³/mol. The SMILES string of the molecule is CCCCCC(=O)Nc1ccc(S(=O)(=O)c2ccc(NCS(=O)(=O)O)cc2)cc1.[Na+]. The summed E-state index contributed by atoms with van der Waals surface area (Å²) >= 11 is 0. The van der Waals surface area contributed by atoms with Crippen molar-refractivity contribution in [1.82, 2.24) is 0 Å². The van der Waals surface area contributed by atoms with E-state index in [1.54, 1.807) is 0 Å². The summed E-state index contributed by atoms with van der Waals surface area (Å²) in [6, 6.07) is 11.4. The van der Waals surface area contributed by atoms with Gasteiger partial charge in [-0.25, -0.2) is 8.42 Å². The van der Waals surface area contributed by atoms with Crippen LogP contribution in [0, 0.1) is 0 Å². The Kier molecular flexibility index (Phi) is 10.5. The fourth-order valence-electron chi connectivity index (χ4n) is 2.54. The molecule has 11 heteroatoms. The number of hydrogen-bond donors (Lipinski definition) is 3. The maximum atomic E-state index is 12.7. The Morgan fingerprint density at radius 1 is 0.867 bits per heavy atom. The molecule has 1 amide bonds. The van der Waals surface area contributed by atoms with E-state index in [0.29, 0.717) is 17.8 Å². The van der Waals surface area contributed by atoms with E-state index in [0.717, 1.165) is 19.3 Å². The van der Waals surface area contributed by atoms with Gasteiger partial charge in [0, 0.05) is 17.8 Å². The van der Waals surface area contributed by atoms with Gasteiger partial charge < -0.3 is 10.6 Å². The number of anilines is 2. The van der Waals surface area contributed by atoms with E-state index in [1.165, 1.54) is 48.5 Å². The molecule has 8 nitrogen and oxygen atoms in total. The molecule has 0 saturated heterocycles. The van der Waals surface area contributed by atoms with E-state index in [-0.39, 0.29) is 45.3 Å². The number of rotatable bonds is 10. The van der Waals surface area contributed by atoms with Crippen LogP contribution in [0.3, 0.4) is 0 Å². The fraction of sp³-hybridized carbons (Fsp3) is 0.316. The number of benzene rings is 2. The fourth-order valence-corrected chi connectivity index (χ4v) is 4.15. The number of hydrogen-bond acceptors (Lipinski definition) is 6. The van der Waals surface area contributed by atoms with Crippen molar-refractivity contribution in [2.45, 2.75) is 42.4 Å².